The summed E-state index contributed by atoms with van der Waals surface area (Å²) in [5.74, 6) is 1.61. The summed E-state index contributed by atoms with van der Waals surface area (Å²) in [7, 11) is 0. The Labute approximate surface area is 127 Å². The van der Waals surface area contributed by atoms with Crippen molar-refractivity contribution in [1.29, 1.82) is 5.26 Å². The van der Waals surface area contributed by atoms with Crippen LogP contribution >= 0.6 is 11.8 Å². The van der Waals surface area contributed by atoms with Crippen LogP contribution in [0.1, 0.15) is 38.2 Å². The van der Waals surface area contributed by atoms with Crippen molar-refractivity contribution >= 4 is 11.8 Å². The summed E-state index contributed by atoms with van der Waals surface area (Å²) >= 11 is 1.93. The van der Waals surface area contributed by atoms with Gasteiger partial charge in [0.05, 0.1) is 6.07 Å². The van der Waals surface area contributed by atoms with Crippen LogP contribution in [0.5, 0.6) is 0 Å². The fourth-order valence-corrected chi connectivity index (χ4v) is 4.33. The first-order valence-corrected chi connectivity index (χ1v) is 8.55. The van der Waals surface area contributed by atoms with Gasteiger partial charge in [-0.1, -0.05) is 31.5 Å². The Morgan fingerprint density at radius 1 is 1.45 bits per heavy atom. The number of rotatable bonds is 6. The number of aryl methyl sites for hydroxylation is 1. The molecule has 1 aliphatic rings. The largest absolute Gasteiger partial charge is 0.299 e. The van der Waals surface area contributed by atoms with Crippen LogP contribution in [0.3, 0.4) is 0 Å². The SMILES string of the molecule is CCNC1(C#N)CCCC1CCSc1ccccc1C. The molecule has 1 fully saturated rings. The predicted octanol–water partition coefficient (Wildman–Crippen LogP) is 4.15. The molecule has 0 bridgehead atoms. The molecule has 1 aliphatic carbocycles. The smallest absolute Gasteiger partial charge is 0.109 e. The number of nitrogens with one attached hydrogen (secondary N) is 1. The average Bonchev–Trinajstić information content (AvgIpc) is 2.85. The Morgan fingerprint density at radius 2 is 2.25 bits per heavy atom. The van der Waals surface area contributed by atoms with Crippen molar-refractivity contribution in [1.82, 2.24) is 5.32 Å². The van der Waals surface area contributed by atoms with E-state index in [9.17, 15) is 5.26 Å². The lowest BCUT2D eigenvalue weighted by Crippen LogP contribution is -2.47. The molecule has 2 nitrogen and oxygen atoms in total. The number of hydrogen-bond acceptors (Lipinski definition) is 3. The zero-order valence-corrected chi connectivity index (χ0v) is 13.3. The summed E-state index contributed by atoms with van der Waals surface area (Å²) in [6.45, 7) is 5.14. The van der Waals surface area contributed by atoms with E-state index in [0.29, 0.717) is 5.92 Å². The highest BCUT2D eigenvalue weighted by atomic mass is 32.2. The van der Waals surface area contributed by atoms with E-state index >= 15 is 0 Å². The van der Waals surface area contributed by atoms with Crippen molar-refractivity contribution in [2.45, 2.75) is 50.0 Å². The molecule has 2 unspecified atom stereocenters. The maximum absolute atomic E-state index is 9.56. The summed E-state index contributed by atoms with van der Waals surface area (Å²) in [5, 5.41) is 13.0. The fraction of sp³-hybridized carbons (Fsp3) is 0.588. The molecule has 0 spiro atoms. The molecule has 0 saturated heterocycles. The molecular weight excluding hydrogens is 264 g/mol. The monoisotopic (exact) mass is 288 g/mol. The second-order valence-electron chi connectivity index (χ2n) is 5.61. The maximum Gasteiger partial charge on any atom is 0.109 e. The topological polar surface area (TPSA) is 35.8 Å². The molecule has 108 valence electrons. The van der Waals surface area contributed by atoms with Crippen LogP contribution in [0.4, 0.5) is 0 Å². The van der Waals surface area contributed by atoms with Crippen molar-refractivity contribution in [3.63, 3.8) is 0 Å². The van der Waals surface area contributed by atoms with Gasteiger partial charge in [-0.05, 0) is 56.0 Å². The lowest BCUT2D eigenvalue weighted by atomic mass is 9.86. The quantitative estimate of drug-likeness (QED) is 0.799. The molecular formula is C17H24N2S. The van der Waals surface area contributed by atoms with Gasteiger partial charge in [-0.15, -0.1) is 11.8 Å². The molecule has 1 saturated carbocycles. The van der Waals surface area contributed by atoms with E-state index in [-0.39, 0.29) is 5.54 Å². The maximum atomic E-state index is 9.56. The van der Waals surface area contributed by atoms with E-state index in [1.807, 2.05) is 11.8 Å². The van der Waals surface area contributed by atoms with Gasteiger partial charge < -0.3 is 0 Å². The third kappa shape index (κ3) is 3.37. The normalized spacial score (nSPS) is 25.6. The van der Waals surface area contributed by atoms with Crippen LogP contribution in [-0.4, -0.2) is 17.8 Å². The summed E-state index contributed by atoms with van der Waals surface area (Å²) in [5.41, 5.74) is 1.09. The van der Waals surface area contributed by atoms with E-state index in [2.05, 4.69) is 49.5 Å². The van der Waals surface area contributed by atoms with E-state index < -0.39 is 0 Å². The molecule has 0 aliphatic heterocycles. The van der Waals surface area contributed by atoms with Crippen molar-refractivity contribution < 1.29 is 0 Å². The first-order valence-electron chi connectivity index (χ1n) is 7.56. The molecule has 0 radical (unpaired) electrons. The molecule has 1 N–H and O–H groups in total. The van der Waals surface area contributed by atoms with Gasteiger partial charge >= 0.3 is 0 Å². The number of benzene rings is 1. The molecule has 2 atom stereocenters. The van der Waals surface area contributed by atoms with Gasteiger partial charge in [0.25, 0.3) is 0 Å². The molecule has 3 heteroatoms. The Morgan fingerprint density at radius 3 is 2.95 bits per heavy atom. The minimum atomic E-state index is -0.263. The number of nitrogens with zero attached hydrogens (tertiary/aromatic N) is 1. The Balaban J connectivity index is 1.90. The van der Waals surface area contributed by atoms with E-state index in [0.717, 1.165) is 25.1 Å². The molecule has 0 amide bonds. The van der Waals surface area contributed by atoms with Crippen molar-refractivity contribution in [3.05, 3.63) is 29.8 Å². The highest BCUT2D eigenvalue weighted by molar-refractivity contribution is 7.99. The van der Waals surface area contributed by atoms with Crippen LogP contribution in [0.25, 0.3) is 0 Å². The van der Waals surface area contributed by atoms with E-state index in [1.54, 1.807) is 0 Å². The first kappa shape index (κ1) is 15.4. The van der Waals surface area contributed by atoms with Crippen LogP contribution in [-0.2, 0) is 0 Å². The van der Waals surface area contributed by atoms with Crippen LogP contribution in [0.2, 0.25) is 0 Å². The van der Waals surface area contributed by atoms with Gasteiger partial charge in [-0.2, -0.15) is 5.26 Å². The van der Waals surface area contributed by atoms with Crippen molar-refractivity contribution in [3.8, 4) is 6.07 Å². The Bertz CT molecular complexity index is 480. The Hall–Kier alpha value is -0.980. The third-order valence-corrected chi connectivity index (χ3v) is 5.54. The summed E-state index contributed by atoms with van der Waals surface area (Å²) in [6.07, 6.45) is 4.51. The van der Waals surface area contributed by atoms with Gasteiger partial charge in [-0.25, -0.2) is 0 Å². The molecule has 0 heterocycles. The lowest BCUT2D eigenvalue weighted by Gasteiger charge is -2.29. The predicted molar refractivity (Wildman–Crippen MR) is 85.9 cm³/mol. The number of thioether (sulfide) groups is 1. The molecule has 1 aromatic carbocycles. The summed E-state index contributed by atoms with van der Waals surface area (Å²) in [4.78, 5) is 1.37. The van der Waals surface area contributed by atoms with Gasteiger partial charge in [0.15, 0.2) is 0 Å². The minimum Gasteiger partial charge on any atom is -0.299 e. The molecule has 20 heavy (non-hydrogen) atoms. The molecule has 2 rings (SSSR count). The highest BCUT2D eigenvalue weighted by Gasteiger charge is 2.41. The zero-order valence-electron chi connectivity index (χ0n) is 12.5. The van der Waals surface area contributed by atoms with Gasteiger partial charge in [-0.3, -0.25) is 5.32 Å². The Kier molecular flexibility index (Phi) is 5.51. The molecule has 1 aromatic rings. The average molecular weight is 288 g/mol. The third-order valence-electron chi connectivity index (χ3n) is 4.33. The summed E-state index contributed by atoms with van der Waals surface area (Å²) in [6, 6.07) is 11.1. The molecule has 0 aromatic heterocycles. The van der Waals surface area contributed by atoms with Crippen molar-refractivity contribution in [2.75, 3.05) is 12.3 Å². The van der Waals surface area contributed by atoms with E-state index in [1.165, 1.54) is 23.3 Å². The number of hydrogen-bond donors (Lipinski definition) is 1. The minimum absolute atomic E-state index is 0.263. The zero-order chi connectivity index (χ0) is 14.4. The second-order valence-corrected chi connectivity index (χ2v) is 6.74. The van der Waals surface area contributed by atoms with Gasteiger partial charge in [0.1, 0.15) is 5.54 Å². The van der Waals surface area contributed by atoms with Crippen LogP contribution in [0.15, 0.2) is 29.2 Å². The summed E-state index contributed by atoms with van der Waals surface area (Å²) < 4.78 is 0. The second kappa shape index (κ2) is 7.15. The fourth-order valence-electron chi connectivity index (χ4n) is 3.23. The highest BCUT2D eigenvalue weighted by Crippen LogP contribution is 2.38. The first-order chi connectivity index (χ1) is 9.72. The van der Waals surface area contributed by atoms with Gasteiger partial charge in [0, 0.05) is 4.90 Å². The van der Waals surface area contributed by atoms with E-state index in [4.69, 9.17) is 0 Å². The van der Waals surface area contributed by atoms with Crippen molar-refractivity contribution in [2.24, 2.45) is 5.92 Å². The van der Waals surface area contributed by atoms with Gasteiger partial charge in [0.2, 0.25) is 0 Å². The van der Waals surface area contributed by atoms with Crippen LogP contribution in [0, 0.1) is 24.2 Å². The lowest BCUT2D eigenvalue weighted by molar-refractivity contribution is 0.317. The number of nitriles is 1. The van der Waals surface area contributed by atoms with Crippen LogP contribution < -0.4 is 5.32 Å². The standard InChI is InChI=1S/C17H24N2S/c1-3-19-17(13-18)11-6-8-15(17)10-12-20-16-9-5-4-7-14(16)2/h4-5,7,9,15,19H,3,6,8,10-12H2,1-2H3.